The second-order valence-electron chi connectivity index (χ2n) is 5.53. The van der Waals surface area contributed by atoms with Crippen LogP contribution in [-0.2, 0) is 0 Å². The molecule has 0 aromatic heterocycles. The topological polar surface area (TPSA) is 52.0 Å². The van der Waals surface area contributed by atoms with E-state index < -0.39 is 0 Å². The van der Waals surface area contributed by atoms with E-state index >= 15 is 0 Å². The summed E-state index contributed by atoms with van der Waals surface area (Å²) in [4.78, 5) is 0. The Morgan fingerprint density at radius 1 is 0.750 bits per heavy atom. The molecule has 0 heterocycles. The van der Waals surface area contributed by atoms with E-state index in [0.717, 1.165) is 11.8 Å². The summed E-state index contributed by atoms with van der Waals surface area (Å²) in [5.41, 5.74) is 11.6. The van der Waals surface area contributed by atoms with Crippen molar-refractivity contribution in [3.8, 4) is 0 Å². The van der Waals surface area contributed by atoms with Gasteiger partial charge in [0.15, 0.2) is 0 Å². The molecule has 4 atom stereocenters. The van der Waals surface area contributed by atoms with Crippen LogP contribution in [0.5, 0.6) is 0 Å². The number of hydrogen-bond acceptors (Lipinski definition) is 2. The molecule has 2 fully saturated rings. The van der Waals surface area contributed by atoms with Gasteiger partial charge in [0, 0.05) is 12.1 Å². The van der Waals surface area contributed by atoms with Crippen molar-refractivity contribution in [2.75, 3.05) is 0 Å². The molecular weight excluding hydrogens is 196 g/mol. The lowest BCUT2D eigenvalue weighted by atomic mass is 10.0. The minimum Gasteiger partial charge on any atom is -0.327 e. The molecule has 0 aromatic carbocycles. The van der Waals surface area contributed by atoms with Gasteiger partial charge in [-0.15, -0.1) is 0 Å². The van der Waals surface area contributed by atoms with Gasteiger partial charge < -0.3 is 11.5 Å². The minimum absolute atomic E-state index is 0.528. The largest absolute Gasteiger partial charge is 0.327 e. The van der Waals surface area contributed by atoms with Gasteiger partial charge in [-0.25, -0.2) is 0 Å². The Hall–Kier alpha value is -0.0800. The van der Waals surface area contributed by atoms with Crippen molar-refractivity contribution in [1.82, 2.24) is 0 Å². The lowest BCUT2D eigenvalue weighted by molar-refractivity contribution is 0.467. The van der Waals surface area contributed by atoms with Gasteiger partial charge in [0.25, 0.3) is 0 Å². The van der Waals surface area contributed by atoms with Crippen LogP contribution in [-0.4, -0.2) is 12.1 Å². The van der Waals surface area contributed by atoms with E-state index in [2.05, 4.69) is 13.8 Å². The summed E-state index contributed by atoms with van der Waals surface area (Å²) in [7, 11) is 0. The van der Waals surface area contributed by atoms with Crippen molar-refractivity contribution in [3.63, 3.8) is 0 Å². The average molecular weight is 226 g/mol. The zero-order valence-corrected chi connectivity index (χ0v) is 11.1. The third kappa shape index (κ3) is 4.06. The highest BCUT2D eigenvalue weighted by molar-refractivity contribution is 4.79. The fourth-order valence-corrected chi connectivity index (χ4v) is 3.14. The zero-order valence-electron chi connectivity index (χ0n) is 11.1. The second kappa shape index (κ2) is 7.29. The Bertz CT molecular complexity index is 162. The van der Waals surface area contributed by atoms with Gasteiger partial charge in [0.2, 0.25) is 0 Å². The molecule has 0 unspecified atom stereocenters. The molecule has 2 rings (SSSR count). The summed E-state index contributed by atoms with van der Waals surface area (Å²) in [6.45, 7) is 4.46. The standard InChI is InChI=1S/2C7H15N/c2*1-2-6-4-3-5-7(6)8/h2*6-7H,2-5,8H2,1H3/t2*6-,7-/m10/s1. The van der Waals surface area contributed by atoms with Gasteiger partial charge in [-0.2, -0.15) is 0 Å². The molecule has 0 spiro atoms. The molecule has 2 aliphatic carbocycles. The second-order valence-corrected chi connectivity index (χ2v) is 5.53. The van der Waals surface area contributed by atoms with E-state index in [1.165, 1.54) is 51.4 Å². The smallest absolute Gasteiger partial charge is 0.00670 e. The molecule has 0 aromatic rings. The first kappa shape index (κ1) is 14.0. The first-order valence-electron chi connectivity index (χ1n) is 7.20. The van der Waals surface area contributed by atoms with Gasteiger partial charge >= 0.3 is 0 Å². The molecule has 2 nitrogen and oxygen atoms in total. The van der Waals surface area contributed by atoms with E-state index in [0.29, 0.717) is 12.1 Å². The van der Waals surface area contributed by atoms with Crippen LogP contribution in [0, 0.1) is 11.8 Å². The predicted molar refractivity (Wildman–Crippen MR) is 71.2 cm³/mol. The Morgan fingerprint density at radius 2 is 1.12 bits per heavy atom. The van der Waals surface area contributed by atoms with Crippen molar-refractivity contribution in [2.45, 2.75) is 77.3 Å². The van der Waals surface area contributed by atoms with Crippen molar-refractivity contribution < 1.29 is 0 Å². The number of hydrogen-bond donors (Lipinski definition) is 2. The van der Waals surface area contributed by atoms with Crippen molar-refractivity contribution in [3.05, 3.63) is 0 Å². The van der Waals surface area contributed by atoms with Gasteiger partial charge in [0.05, 0.1) is 0 Å². The van der Waals surface area contributed by atoms with Crippen LogP contribution < -0.4 is 11.5 Å². The fraction of sp³-hybridized carbons (Fsp3) is 1.00. The maximum atomic E-state index is 5.79. The summed E-state index contributed by atoms with van der Waals surface area (Å²) in [6.07, 6.45) is 10.5. The molecule has 0 amide bonds. The van der Waals surface area contributed by atoms with E-state index in [1.807, 2.05) is 0 Å². The lowest BCUT2D eigenvalue weighted by Crippen LogP contribution is -2.23. The highest BCUT2D eigenvalue weighted by atomic mass is 14.7. The van der Waals surface area contributed by atoms with Crippen LogP contribution in [0.2, 0.25) is 0 Å². The molecule has 2 aliphatic rings. The van der Waals surface area contributed by atoms with Gasteiger partial charge in [-0.05, 0) is 37.5 Å². The minimum atomic E-state index is 0.528. The maximum absolute atomic E-state index is 5.79. The zero-order chi connectivity index (χ0) is 12.0. The third-order valence-electron chi connectivity index (χ3n) is 4.48. The molecule has 16 heavy (non-hydrogen) atoms. The summed E-state index contributed by atoms with van der Waals surface area (Å²) >= 11 is 0. The van der Waals surface area contributed by atoms with Crippen LogP contribution in [0.4, 0.5) is 0 Å². The van der Waals surface area contributed by atoms with Gasteiger partial charge in [-0.3, -0.25) is 0 Å². The molecule has 0 saturated heterocycles. The van der Waals surface area contributed by atoms with Crippen LogP contribution in [0.1, 0.15) is 65.2 Å². The van der Waals surface area contributed by atoms with Crippen molar-refractivity contribution in [2.24, 2.45) is 23.3 Å². The molecule has 0 radical (unpaired) electrons. The fourth-order valence-electron chi connectivity index (χ4n) is 3.14. The average Bonchev–Trinajstić information content (AvgIpc) is 2.87. The van der Waals surface area contributed by atoms with E-state index in [9.17, 15) is 0 Å². The van der Waals surface area contributed by atoms with Crippen LogP contribution >= 0.6 is 0 Å². The van der Waals surface area contributed by atoms with Crippen molar-refractivity contribution in [1.29, 1.82) is 0 Å². The monoisotopic (exact) mass is 226 g/mol. The number of nitrogens with two attached hydrogens (primary N) is 2. The first-order chi connectivity index (χ1) is 7.69. The van der Waals surface area contributed by atoms with Crippen molar-refractivity contribution >= 4 is 0 Å². The molecule has 0 aliphatic heterocycles. The predicted octanol–water partition coefficient (Wildman–Crippen LogP) is 3.05. The maximum Gasteiger partial charge on any atom is 0.00670 e. The van der Waals surface area contributed by atoms with E-state index in [1.54, 1.807) is 0 Å². The Balaban J connectivity index is 0.000000160. The highest BCUT2D eigenvalue weighted by Gasteiger charge is 2.21. The summed E-state index contributed by atoms with van der Waals surface area (Å²) < 4.78 is 0. The summed E-state index contributed by atoms with van der Waals surface area (Å²) in [6, 6.07) is 1.06. The summed E-state index contributed by atoms with van der Waals surface area (Å²) in [5.74, 6) is 1.69. The molecule has 2 saturated carbocycles. The molecule has 0 bridgehead atoms. The lowest BCUT2D eigenvalue weighted by Gasteiger charge is -2.10. The molecule has 2 heteroatoms. The molecule has 4 N–H and O–H groups in total. The Labute approximate surface area is 101 Å². The normalized spacial score (nSPS) is 38.2. The molecular formula is C14H30N2. The summed E-state index contributed by atoms with van der Waals surface area (Å²) in [5, 5.41) is 0. The molecule has 96 valence electrons. The third-order valence-corrected chi connectivity index (χ3v) is 4.48. The number of rotatable bonds is 2. The van der Waals surface area contributed by atoms with Crippen LogP contribution in [0.3, 0.4) is 0 Å². The van der Waals surface area contributed by atoms with Crippen LogP contribution in [0.25, 0.3) is 0 Å². The highest BCUT2D eigenvalue weighted by Crippen LogP contribution is 2.26. The quantitative estimate of drug-likeness (QED) is 0.760. The van der Waals surface area contributed by atoms with Crippen LogP contribution in [0.15, 0.2) is 0 Å². The Kier molecular flexibility index (Phi) is 6.37. The van der Waals surface area contributed by atoms with E-state index in [4.69, 9.17) is 11.5 Å². The first-order valence-corrected chi connectivity index (χ1v) is 7.20. The van der Waals surface area contributed by atoms with E-state index in [-0.39, 0.29) is 0 Å². The van der Waals surface area contributed by atoms with Gasteiger partial charge in [0.1, 0.15) is 0 Å². The van der Waals surface area contributed by atoms with Gasteiger partial charge in [-0.1, -0.05) is 39.5 Å². The Morgan fingerprint density at radius 3 is 1.25 bits per heavy atom. The SMILES string of the molecule is CC[C@@H]1CCC[C@H]1N.CC[C@H]1CCC[C@@H]1N.